The van der Waals surface area contributed by atoms with Crippen LogP contribution in [0.2, 0.25) is 0 Å². The molecule has 0 bridgehead atoms. The molecule has 0 spiro atoms. The highest BCUT2D eigenvalue weighted by Crippen LogP contribution is 2.38. The normalized spacial score (nSPS) is 39.2. The summed E-state index contributed by atoms with van der Waals surface area (Å²) in [5, 5.41) is 3.74. The van der Waals surface area contributed by atoms with Crippen molar-refractivity contribution in [2.24, 2.45) is 11.3 Å². The van der Waals surface area contributed by atoms with Gasteiger partial charge in [0.25, 0.3) is 0 Å². The van der Waals surface area contributed by atoms with Gasteiger partial charge in [-0.2, -0.15) is 0 Å². The number of rotatable bonds is 0. The van der Waals surface area contributed by atoms with Gasteiger partial charge in [-0.15, -0.1) is 0 Å². The van der Waals surface area contributed by atoms with Crippen molar-refractivity contribution < 1.29 is 0 Å². The van der Waals surface area contributed by atoms with Gasteiger partial charge in [-0.1, -0.05) is 26.7 Å². The van der Waals surface area contributed by atoms with Crippen molar-refractivity contribution in [2.75, 3.05) is 6.54 Å². The standard InChI is InChI=1S/C12H23N/c1-12(2)7-8-13-11-6-4-3-5-10(11)9-12/h10-11,13H,3-9H2,1-2H3/t10-,11+/m1/s1. The average Bonchev–Trinajstić information content (AvgIpc) is 2.21. The maximum Gasteiger partial charge on any atom is 0.00955 e. The third-order valence-electron chi connectivity index (χ3n) is 3.93. The van der Waals surface area contributed by atoms with E-state index >= 15 is 0 Å². The molecule has 0 aromatic rings. The largest absolute Gasteiger partial charge is 0.314 e. The molecule has 1 N–H and O–H groups in total. The average molecular weight is 181 g/mol. The van der Waals surface area contributed by atoms with Crippen LogP contribution in [-0.4, -0.2) is 12.6 Å². The van der Waals surface area contributed by atoms with Gasteiger partial charge in [0, 0.05) is 6.04 Å². The van der Waals surface area contributed by atoms with Gasteiger partial charge in [0.15, 0.2) is 0 Å². The first-order valence-electron chi connectivity index (χ1n) is 5.91. The maximum absolute atomic E-state index is 3.74. The monoisotopic (exact) mass is 181 g/mol. The van der Waals surface area contributed by atoms with Crippen molar-refractivity contribution in [3.63, 3.8) is 0 Å². The van der Waals surface area contributed by atoms with E-state index < -0.39 is 0 Å². The van der Waals surface area contributed by atoms with Gasteiger partial charge in [0.2, 0.25) is 0 Å². The summed E-state index contributed by atoms with van der Waals surface area (Å²) in [4.78, 5) is 0. The van der Waals surface area contributed by atoms with E-state index in [4.69, 9.17) is 0 Å². The topological polar surface area (TPSA) is 12.0 Å². The van der Waals surface area contributed by atoms with E-state index in [1.54, 1.807) is 0 Å². The molecule has 1 saturated carbocycles. The molecule has 1 heterocycles. The Kier molecular flexibility index (Phi) is 2.64. The Morgan fingerprint density at radius 2 is 1.92 bits per heavy atom. The molecule has 1 saturated heterocycles. The van der Waals surface area contributed by atoms with E-state index in [-0.39, 0.29) is 0 Å². The van der Waals surface area contributed by atoms with Crippen LogP contribution < -0.4 is 5.32 Å². The fourth-order valence-corrected chi connectivity index (χ4v) is 3.13. The van der Waals surface area contributed by atoms with E-state index in [9.17, 15) is 0 Å². The molecule has 2 rings (SSSR count). The molecule has 1 nitrogen and oxygen atoms in total. The highest BCUT2D eigenvalue weighted by molar-refractivity contribution is 4.88. The maximum atomic E-state index is 3.74. The molecule has 2 aliphatic rings. The molecule has 0 aromatic heterocycles. The summed E-state index contributed by atoms with van der Waals surface area (Å²) >= 11 is 0. The zero-order valence-corrected chi connectivity index (χ0v) is 9.10. The van der Waals surface area contributed by atoms with Gasteiger partial charge in [0.05, 0.1) is 0 Å². The lowest BCUT2D eigenvalue weighted by atomic mass is 9.74. The quantitative estimate of drug-likeness (QED) is 0.606. The summed E-state index contributed by atoms with van der Waals surface area (Å²) in [5.74, 6) is 0.978. The molecular formula is C12H23N. The van der Waals surface area contributed by atoms with E-state index in [1.807, 2.05) is 0 Å². The third kappa shape index (κ3) is 2.25. The number of fused-ring (bicyclic) bond motifs is 1. The zero-order chi connectivity index (χ0) is 9.31. The molecule has 1 aliphatic heterocycles. The lowest BCUT2D eigenvalue weighted by molar-refractivity contribution is 0.211. The second-order valence-electron chi connectivity index (χ2n) is 5.72. The molecule has 0 unspecified atom stereocenters. The first-order chi connectivity index (χ1) is 6.17. The summed E-state index contributed by atoms with van der Waals surface area (Å²) in [7, 11) is 0. The number of hydrogen-bond acceptors (Lipinski definition) is 1. The molecule has 76 valence electrons. The lowest BCUT2D eigenvalue weighted by Crippen LogP contribution is -2.37. The minimum Gasteiger partial charge on any atom is -0.314 e. The second kappa shape index (κ2) is 3.61. The van der Waals surface area contributed by atoms with Gasteiger partial charge in [-0.05, 0) is 43.6 Å². The molecule has 2 fully saturated rings. The summed E-state index contributed by atoms with van der Waals surface area (Å²) in [6.45, 7) is 6.12. The summed E-state index contributed by atoms with van der Waals surface area (Å²) in [6.07, 6.45) is 8.64. The van der Waals surface area contributed by atoms with Gasteiger partial charge in [-0.25, -0.2) is 0 Å². The van der Waals surface area contributed by atoms with Crippen LogP contribution in [0, 0.1) is 11.3 Å². The van der Waals surface area contributed by atoms with Crippen LogP contribution in [0.4, 0.5) is 0 Å². The lowest BCUT2D eigenvalue weighted by Gasteiger charge is -2.33. The van der Waals surface area contributed by atoms with Crippen LogP contribution in [0.3, 0.4) is 0 Å². The smallest absolute Gasteiger partial charge is 0.00955 e. The Bertz CT molecular complexity index is 174. The highest BCUT2D eigenvalue weighted by atomic mass is 14.9. The van der Waals surface area contributed by atoms with Crippen molar-refractivity contribution >= 4 is 0 Å². The van der Waals surface area contributed by atoms with Crippen LogP contribution in [0.15, 0.2) is 0 Å². The Morgan fingerprint density at radius 1 is 1.15 bits per heavy atom. The van der Waals surface area contributed by atoms with Crippen LogP contribution in [0.5, 0.6) is 0 Å². The van der Waals surface area contributed by atoms with Gasteiger partial charge >= 0.3 is 0 Å². The SMILES string of the molecule is CC1(C)CCN[C@H]2CCCC[C@@H]2C1. The Labute approximate surface area is 82.3 Å². The fourth-order valence-electron chi connectivity index (χ4n) is 3.13. The van der Waals surface area contributed by atoms with E-state index in [0.717, 1.165) is 12.0 Å². The minimum absolute atomic E-state index is 0.587. The Hall–Kier alpha value is -0.0400. The van der Waals surface area contributed by atoms with Crippen LogP contribution in [-0.2, 0) is 0 Å². The van der Waals surface area contributed by atoms with Crippen LogP contribution in [0.1, 0.15) is 52.4 Å². The third-order valence-corrected chi connectivity index (χ3v) is 3.93. The van der Waals surface area contributed by atoms with E-state index in [0.29, 0.717) is 5.41 Å². The van der Waals surface area contributed by atoms with Gasteiger partial charge in [-0.3, -0.25) is 0 Å². The minimum atomic E-state index is 0.587. The van der Waals surface area contributed by atoms with Gasteiger partial charge in [0.1, 0.15) is 0 Å². The molecule has 1 aliphatic carbocycles. The molecule has 1 heteroatoms. The van der Waals surface area contributed by atoms with Crippen molar-refractivity contribution in [1.82, 2.24) is 5.32 Å². The molecular weight excluding hydrogens is 158 g/mol. The van der Waals surface area contributed by atoms with E-state index in [1.165, 1.54) is 45.1 Å². The Balaban J connectivity index is 2.03. The molecule has 0 radical (unpaired) electrons. The Morgan fingerprint density at radius 3 is 2.77 bits per heavy atom. The molecule has 0 aromatic carbocycles. The molecule has 0 amide bonds. The number of nitrogens with one attached hydrogen (secondary N) is 1. The summed E-state index contributed by atoms with van der Waals surface area (Å²) in [6, 6.07) is 0.857. The first-order valence-corrected chi connectivity index (χ1v) is 5.91. The molecule has 13 heavy (non-hydrogen) atoms. The fraction of sp³-hybridized carbons (Fsp3) is 1.00. The first kappa shape index (κ1) is 9.51. The van der Waals surface area contributed by atoms with Crippen LogP contribution >= 0.6 is 0 Å². The highest BCUT2D eigenvalue weighted by Gasteiger charge is 2.33. The van der Waals surface area contributed by atoms with E-state index in [2.05, 4.69) is 19.2 Å². The van der Waals surface area contributed by atoms with Crippen molar-refractivity contribution in [3.8, 4) is 0 Å². The predicted molar refractivity (Wildman–Crippen MR) is 56.8 cm³/mol. The predicted octanol–water partition coefficient (Wildman–Crippen LogP) is 2.95. The van der Waals surface area contributed by atoms with Crippen LogP contribution in [0.25, 0.3) is 0 Å². The summed E-state index contributed by atoms with van der Waals surface area (Å²) in [5.41, 5.74) is 0.587. The molecule has 2 atom stereocenters. The summed E-state index contributed by atoms with van der Waals surface area (Å²) < 4.78 is 0. The van der Waals surface area contributed by atoms with Gasteiger partial charge < -0.3 is 5.32 Å². The van der Waals surface area contributed by atoms with Crippen molar-refractivity contribution in [1.29, 1.82) is 0 Å². The zero-order valence-electron chi connectivity index (χ0n) is 9.10. The number of hydrogen-bond donors (Lipinski definition) is 1. The second-order valence-corrected chi connectivity index (χ2v) is 5.72. The van der Waals surface area contributed by atoms with Crippen molar-refractivity contribution in [3.05, 3.63) is 0 Å². The van der Waals surface area contributed by atoms with Crippen molar-refractivity contribution in [2.45, 2.75) is 58.4 Å².